The van der Waals surface area contributed by atoms with Gasteiger partial charge in [0, 0.05) is 14.1 Å². The molecule has 0 saturated heterocycles. The van der Waals surface area contributed by atoms with E-state index in [2.05, 4.69) is 4.98 Å². The zero-order valence-corrected chi connectivity index (χ0v) is 14.0. The summed E-state index contributed by atoms with van der Waals surface area (Å²) >= 11 is 0. The van der Waals surface area contributed by atoms with E-state index in [1.54, 1.807) is 23.9 Å². The number of aliphatic hydroxyl groups excluding tert-OH is 2. The summed E-state index contributed by atoms with van der Waals surface area (Å²) in [7, 11) is 3.34. The van der Waals surface area contributed by atoms with Crippen molar-refractivity contribution in [1.82, 2.24) is 9.55 Å². The number of ether oxygens (including phenoxy) is 1. The Bertz CT molecular complexity index is 552. The van der Waals surface area contributed by atoms with Crippen molar-refractivity contribution in [3.63, 3.8) is 0 Å². The van der Waals surface area contributed by atoms with Gasteiger partial charge in [0.2, 0.25) is 5.95 Å². The Morgan fingerprint density at radius 2 is 2.14 bits per heavy atom. The number of hydrogen-bond donors (Lipinski definition) is 3. The molecule has 0 saturated carbocycles. The number of nitrogen functional groups attached to an aromatic ring is 1. The molecule has 1 unspecified atom stereocenters. The lowest BCUT2D eigenvalue weighted by Gasteiger charge is -2.19. The van der Waals surface area contributed by atoms with Crippen LogP contribution in [0.3, 0.4) is 0 Å². The summed E-state index contributed by atoms with van der Waals surface area (Å²) in [4.78, 5) is 19.8. The Labute approximate surface area is 138 Å². The maximum absolute atomic E-state index is 12.1. The molecule has 1 atom stereocenters. The Hall–Kier alpha value is -1.11. The first-order valence-corrected chi connectivity index (χ1v) is 6.15. The molecule has 0 spiro atoms. The minimum Gasteiger partial charge on any atom is -1.00 e. The Kier molecular flexibility index (Phi) is 6.19. The lowest BCUT2D eigenvalue weighted by atomic mass is 10.4. The van der Waals surface area contributed by atoms with Crippen molar-refractivity contribution in [3.05, 3.63) is 10.4 Å². The van der Waals surface area contributed by atoms with E-state index < -0.39 is 6.10 Å². The molecule has 0 fully saturated rings. The molecule has 120 valence electrons. The van der Waals surface area contributed by atoms with Crippen LogP contribution >= 0.6 is 0 Å². The van der Waals surface area contributed by atoms with E-state index in [9.17, 15) is 9.90 Å². The van der Waals surface area contributed by atoms with Crippen LogP contribution in [0, 0.1) is 0 Å². The third-order valence-electron chi connectivity index (χ3n) is 3.12. The summed E-state index contributed by atoms with van der Waals surface area (Å²) in [5.41, 5.74) is 5.94. The Morgan fingerprint density at radius 1 is 1.48 bits per heavy atom. The maximum atomic E-state index is 12.1. The largest absolute Gasteiger partial charge is 1.00 e. The van der Waals surface area contributed by atoms with Gasteiger partial charge in [-0.15, -0.1) is 0 Å². The molecule has 2 heterocycles. The second kappa shape index (κ2) is 7.24. The van der Waals surface area contributed by atoms with Gasteiger partial charge >= 0.3 is 0 Å². The number of anilines is 3. The summed E-state index contributed by atoms with van der Waals surface area (Å²) < 4.78 is 6.57. The second-order valence-electron chi connectivity index (χ2n) is 4.72. The number of hydrogen-bond acceptors (Lipinski definition) is 8. The van der Waals surface area contributed by atoms with Gasteiger partial charge in [0.05, 0.1) is 19.9 Å². The standard InChI is InChI=1S/C11H19N5O4.HI/c1-14-5-16(6-20-4-7(18)3-17)9-8(14)10(19)15(2)11(12)13-9;/h7,17-18H,3-6H2,1-2H3,(H2,12,13);1H/p-1. The third kappa shape index (κ3) is 3.56. The lowest BCUT2D eigenvalue weighted by molar-refractivity contribution is -0.00000635. The van der Waals surface area contributed by atoms with Gasteiger partial charge in [0.15, 0.2) is 5.82 Å². The molecule has 9 nitrogen and oxygen atoms in total. The van der Waals surface area contributed by atoms with Gasteiger partial charge < -0.3 is 54.5 Å². The molecule has 10 heteroatoms. The zero-order valence-electron chi connectivity index (χ0n) is 11.9. The summed E-state index contributed by atoms with van der Waals surface area (Å²) in [5, 5.41) is 17.9. The summed E-state index contributed by atoms with van der Waals surface area (Å²) in [6.45, 7) is 0.235. The summed E-state index contributed by atoms with van der Waals surface area (Å²) in [5.74, 6) is 0.594. The fourth-order valence-electron chi connectivity index (χ4n) is 2.00. The predicted octanol–water partition coefficient (Wildman–Crippen LogP) is -5.09. The van der Waals surface area contributed by atoms with E-state index in [0.29, 0.717) is 18.2 Å². The molecular weight excluding hydrogens is 393 g/mol. The van der Waals surface area contributed by atoms with Crippen LogP contribution in [0.15, 0.2) is 4.79 Å². The van der Waals surface area contributed by atoms with Crippen LogP contribution in [-0.4, -0.2) is 59.5 Å². The van der Waals surface area contributed by atoms with E-state index in [-0.39, 0.29) is 55.4 Å². The predicted molar refractivity (Wildman–Crippen MR) is 73.6 cm³/mol. The van der Waals surface area contributed by atoms with Gasteiger partial charge in [0.25, 0.3) is 5.56 Å². The van der Waals surface area contributed by atoms with Crippen molar-refractivity contribution in [2.24, 2.45) is 7.05 Å². The van der Waals surface area contributed by atoms with Crippen LogP contribution in [0.4, 0.5) is 17.5 Å². The SMILES string of the molecule is CN1CN(COCC(O)CO)c2nc(N)n(C)c(=O)c21.[I-]. The van der Waals surface area contributed by atoms with E-state index in [1.165, 1.54) is 4.57 Å². The first-order chi connectivity index (χ1) is 9.45. The molecule has 1 aliphatic rings. The monoisotopic (exact) mass is 412 g/mol. The zero-order chi connectivity index (χ0) is 14.9. The Balaban J connectivity index is 0.00000220. The fourth-order valence-corrected chi connectivity index (χ4v) is 2.00. The van der Waals surface area contributed by atoms with Gasteiger partial charge in [-0.25, -0.2) is 0 Å². The van der Waals surface area contributed by atoms with Crippen LogP contribution < -0.4 is 45.1 Å². The quantitative estimate of drug-likeness (QED) is 0.412. The minimum atomic E-state index is -0.920. The highest BCUT2D eigenvalue weighted by molar-refractivity contribution is 5.72. The van der Waals surface area contributed by atoms with E-state index in [0.717, 1.165) is 0 Å². The maximum Gasteiger partial charge on any atom is 0.280 e. The fraction of sp³-hybridized carbons (Fsp3) is 0.636. The molecule has 0 bridgehead atoms. The highest BCUT2D eigenvalue weighted by Crippen LogP contribution is 2.29. The molecule has 1 aromatic heterocycles. The van der Waals surface area contributed by atoms with Crippen LogP contribution in [0.1, 0.15) is 0 Å². The van der Waals surface area contributed by atoms with E-state index >= 15 is 0 Å². The first kappa shape index (κ1) is 17.9. The Morgan fingerprint density at radius 3 is 2.76 bits per heavy atom. The highest BCUT2D eigenvalue weighted by atomic mass is 127. The molecular formula is C11H19IN5O4-. The average Bonchev–Trinajstić information content (AvgIpc) is 2.72. The number of aliphatic hydroxyl groups is 2. The smallest absolute Gasteiger partial charge is 0.280 e. The molecule has 4 N–H and O–H groups in total. The highest BCUT2D eigenvalue weighted by Gasteiger charge is 2.29. The van der Waals surface area contributed by atoms with E-state index in [4.69, 9.17) is 15.6 Å². The van der Waals surface area contributed by atoms with Crippen molar-refractivity contribution < 1.29 is 38.9 Å². The summed E-state index contributed by atoms with van der Waals surface area (Å²) in [6, 6.07) is 0. The molecule has 0 aromatic carbocycles. The van der Waals surface area contributed by atoms with E-state index in [1.807, 2.05) is 0 Å². The summed E-state index contributed by atoms with van der Waals surface area (Å²) in [6.07, 6.45) is -0.920. The van der Waals surface area contributed by atoms with Gasteiger partial charge in [-0.2, -0.15) is 4.98 Å². The van der Waals surface area contributed by atoms with Crippen molar-refractivity contribution in [2.45, 2.75) is 6.10 Å². The molecule has 0 aliphatic carbocycles. The second-order valence-corrected chi connectivity index (χ2v) is 4.72. The number of aromatic nitrogens is 2. The van der Waals surface area contributed by atoms with Crippen molar-refractivity contribution >= 4 is 17.5 Å². The van der Waals surface area contributed by atoms with Gasteiger partial charge in [0.1, 0.15) is 18.5 Å². The first-order valence-electron chi connectivity index (χ1n) is 6.15. The number of nitrogens with zero attached hydrogens (tertiary/aromatic N) is 4. The van der Waals surface area contributed by atoms with Crippen LogP contribution in [0.5, 0.6) is 0 Å². The minimum absolute atomic E-state index is 0. The molecule has 0 amide bonds. The topological polar surface area (TPSA) is 117 Å². The number of rotatable bonds is 5. The third-order valence-corrected chi connectivity index (χ3v) is 3.12. The van der Waals surface area contributed by atoms with Crippen LogP contribution in [0.25, 0.3) is 0 Å². The van der Waals surface area contributed by atoms with Crippen molar-refractivity contribution in [2.75, 3.05) is 49.2 Å². The number of fused-ring (bicyclic) bond motifs is 1. The molecule has 0 radical (unpaired) electrons. The van der Waals surface area contributed by atoms with Crippen LogP contribution in [0.2, 0.25) is 0 Å². The lowest BCUT2D eigenvalue weighted by Crippen LogP contribution is -3.00. The number of halogens is 1. The average molecular weight is 412 g/mol. The van der Waals surface area contributed by atoms with Gasteiger partial charge in [-0.3, -0.25) is 9.36 Å². The molecule has 2 rings (SSSR count). The molecule has 1 aliphatic heterocycles. The number of nitrogens with two attached hydrogens (primary N) is 1. The molecule has 1 aromatic rings. The van der Waals surface area contributed by atoms with Crippen molar-refractivity contribution in [3.8, 4) is 0 Å². The van der Waals surface area contributed by atoms with Gasteiger partial charge in [-0.05, 0) is 0 Å². The van der Waals surface area contributed by atoms with Crippen molar-refractivity contribution in [1.29, 1.82) is 0 Å². The normalized spacial score (nSPS) is 14.9. The van der Waals surface area contributed by atoms with Gasteiger partial charge in [-0.1, -0.05) is 0 Å². The van der Waals surface area contributed by atoms with Crippen LogP contribution in [-0.2, 0) is 11.8 Å². The molecule has 21 heavy (non-hydrogen) atoms.